The minimum atomic E-state index is -0.267. The van der Waals surface area contributed by atoms with Crippen molar-refractivity contribution in [1.29, 1.82) is 0 Å². The number of carbonyl (C=O) groups excluding carboxylic acids is 2. The molecule has 1 rings (SSSR count). The first-order chi connectivity index (χ1) is 7.15. The van der Waals surface area contributed by atoms with Crippen LogP contribution in [0.2, 0.25) is 0 Å². The molecule has 1 fully saturated rings. The van der Waals surface area contributed by atoms with Crippen LogP contribution >= 0.6 is 0 Å². The molecule has 1 saturated carbocycles. The summed E-state index contributed by atoms with van der Waals surface area (Å²) in [5.74, 6) is -0.0280. The fourth-order valence-corrected chi connectivity index (χ4v) is 2.20. The third-order valence-corrected chi connectivity index (χ3v) is 2.96. The molecule has 0 saturated heterocycles. The number of ether oxygens (including phenoxy) is 1. The first-order valence-corrected chi connectivity index (χ1v) is 5.85. The van der Waals surface area contributed by atoms with E-state index in [2.05, 4.69) is 6.92 Å². The van der Waals surface area contributed by atoms with Gasteiger partial charge in [-0.25, -0.2) is 0 Å². The average molecular weight is 212 g/mol. The Labute approximate surface area is 91.2 Å². The highest BCUT2D eigenvalue weighted by atomic mass is 16.5. The van der Waals surface area contributed by atoms with Gasteiger partial charge >= 0.3 is 5.97 Å². The van der Waals surface area contributed by atoms with Gasteiger partial charge in [-0.2, -0.15) is 0 Å². The van der Waals surface area contributed by atoms with Crippen molar-refractivity contribution in [2.75, 3.05) is 0 Å². The lowest BCUT2D eigenvalue weighted by molar-refractivity contribution is -0.153. The van der Waals surface area contributed by atoms with Crippen molar-refractivity contribution in [3.05, 3.63) is 0 Å². The molecule has 0 aromatic carbocycles. The Morgan fingerprint density at radius 1 is 1.53 bits per heavy atom. The van der Waals surface area contributed by atoms with Gasteiger partial charge in [0.1, 0.15) is 11.9 Å². The number of carbonyl (C=O) groups is 2. The fourth-order valence-electron chi connectivity index (χ4n) is 2.20. The third-order valence-electron chi connectivity index (χ3n) is 2.96. The van der Waals surface area contributed by atoms with Gasteiger partial charge in [-0.15, -0.1) is 0 Å². The summed E-state index contributed by atoms with van der Waals surface area (Å²) in [6.45, 7) is 3.52. The molecule has 0 aromatic rings. The monoisotopic (exact) mass is 212 g/mol. The molecule has 15 heavy (non-hydrogen) atoms. The summed E-state index contributed by atoms with van der Waals surface area (Å²) in [5.41, 5.74) is 0. The molecule has 0 aliphatic heterocycles. The van der Waals surface area contributed by atoms with E-state index in [0.717, 1.165) is 32.1 Å². The molecule has 3 heteroatoms. The molecule has 0 bridgehead atoms. The Kier molecular flexibility index (Phi) is 4.79. The van der Waals surface area contributed by atoms with Gasteiger partial charge in [-0.3, -0.25) is 9.59 Å². The van der Waals surface area contributed by atoms with Crippen LogP contribution in [0, 0.1) is 5.92 Å². The van der Waals surface area contributed by atoms with Crippen molar-refractivity contribution in [2.45, 2.75) is 58.5 Å². The number of ketones is 1. The van der Waals surface area contributed by atoms with E-state index < -0.39 is 0 Å². The molecule has 1 aliphatic rings. The van der Waals surface area contributed by atoms with Crippen molar-refractivity contribution in [2.24, 2.45) is 5.92 Å². The summed E-state index contributed by atoms with van der Waals surface area (Å²) < 4.78 is 5.21. The molecule has 86 valence electrons. The first-order valence-electron chi connectivity index (χ1n) is 5.85. The molecule has 0 N–H and O–H groups in total. The maximum atomic E-state index is 11.7. The van der Waals surface area contributed by atoms with Gasteiger partial charge in [0, 0.05) is 13.3 Å². The predicted molar refractivity (Wildman–Crippen MR) is 57.4 cm³/mol. The van der Waals surface area contributed by atoms with Crippen molar-refractivity contribution < 1.29 is 14.3 Å². The number of esters is 1. The van der Waals surface area contributed by atoms with Crippen molar-refractivity contribution in [1.82, 2.24) is 0 Å². The SMILES string of the molecule is CCCCC1C(=O)CCC[C@H]1OC(C)=O. The van der Waals surface area contributed by atoms with Gasteiger partial charge in [0.2, 0.25) is 0 Å². The number of Topliss-reactive ketones (excluding diaryl/α,β-unsaturated/α-hetero) is 1. The van der Waals surface area contributed by atoms with E-state index in [1.165, 1.54) is 6.92 Å². The predicted octanol–water partition coefficient (Wildman–Crippen LogP) is 2.48. The molecule has 1 aliphatic carbocycles. The zero-order valence-electron chi connectivity index (χ0n) is 9.62. The van der Waals surface area contributed by atoms with E-state index in [4.69, 9.17) is 4.74 Å². The minimum Gasteiger partial charge on any atom is -0.462 e. The molecule has 0 radical (unpaired) electrons. The Hall–Kier alpha value is -0.860. The lowest BCUT2D eigenvalue weighted by Crippen LogP contribution is -2.35. The summed E-state index contributed by atoms with van der Waals surface area (Å²) in [6.07, 6.45) is 5.19. The quantitative estimate of drug-likeness (QED) is 0.672. The molecular weight excluding hydrogens is 192 g/mol. The van der Waals surface area contributed by atoms with Gasteiger partial charge in [-0.05, 0) is 19.3 Å². The second-order valence-electron chi connectivity index (χ2n) is 4.26. The maximum absolute atomic E-state index is 11.7. The summed E-state index contributed by atoms with van der Waals surface area (Å²) >= 11 is 0. The summed E-state index contributed by atoms with van der Waals surface area (Å²) in [4.78, 5) is 22.6. The van der Waals surface area contributed by atoms with Crippen LogP contribution in [-0.4, -0.2) is 17.9 Å². The largest absolute Gasteiger partial charge is 0.462 e. The Morgan fingerprint density at radius 2 is 2.27 bits per heavy atom. The van der Waals surface area contributed by atoms with E-state index in [9.17, 15) is 9.59 Å². The maximum Gasteiger partial charge on any atom is 0.302 e. The smallest absolute Gasteiger partial charge is 0.302 e. The van der Waals surface area contributed by atoms with Crippen molar-refractivity contribution >= 4 is 11.8 Å². The van der Waals surface area contributed by atoms with Crippen LogP contribution in [0.15, 0.2) is 0 Å². The number of hydrogen-bond donors (Lipinski definition) is 0. The molecule has 0 amide bonds. The zero-order valence-corrected chi connectivity index (χ0v) is 9.62. The fraction of sp³-hybridized carbons (Fsp3) is 0.833. The lowest BCUT2D eigenvalue weighted by atomic mass is 9.82. The normalized spacial score (nSPS) is 26.4. The Morgan fingerprint density at radius 3 is 2.87 bits per heavy atom. The van der Waals surface area contributed by atoms with Crippen molar-refractivity contribution in [3.63, 3.8) is 0 Å². The number of rotatable bonds is 4. The van der Waals surface area contributed by atoms with Gasteiger partial charge in [-0.1, -0.05) is 19.8 Å². The van der Waals surface area contributed by atoms with Crippen LogP contribution in [-0.2, 0) is 14.3 Å². The van der Waals surface area contributed by atoms with E-state index >= 15 is 0 Å². The third kappa shape index (κ3) is 3.65. The molecular formula is C12H20O3. The van der Waals surface area contributed by atoms with Crippen LogP contribution < -0.4 is 0 Å². The van der Waals surface area contributed by atoms with Gasteiger partial charge < -0.3 is 4.74 Å². The van der Waals surface area contributed by atoms with Crippen LogP contribution in [0.5, 0.6) is 0 Å². The van der Waals surface area contributed by atoms with Gasteiger partial charge in [0.15, 0.2) is 0 Å². The Balaban J connectivity index is 2.55. The molecule has 0 aromatic heterocycles. The average Bonchev–Trinajstić information content (AvgIpc) is 2.16. The number of unbranched alkanes of at least 4 members (excludes halogenated alkanes) is 1. The zero-order chi connectivity index (χ0) is 11.3. The topological polar surface area (TPSA) is 43.4 Å². The summed E-state index contributed by atoms with van der Waals surface area (Å²) in [7, 11) is 0. The van der Waals surface area contributed by atoms with Crippen LogP contribution in [0.4, 0.5) is 0 Å². The second kappa shape index (κ2) is 5.89. The molecule has 2 atom stereocenters. The highest BCUT2D eigenvalue weighted by molar-refractivity contribution is 5.82. The van der Waals surface area contributed by atoms with Crippen LogP contribution in [0.3, 0.4) is 0 Å². The van der Waals surface area contributed by atoms with E-state index in [1.54, 1.807) is 0 Å². The molecule has 3 nitrogen and oxygen atoms in total. The van der Waals surface area contributed by atoms with Crippen LogP contribution in [0.25, 0.3) is 0 Å². The summed E-state index contributed by atoms with van der Waals surface area (Å²) in [5, 5.41) is 0. The van der Waals surface area contributed by atoms with E-state index in [0.29, 0.717) is 6.42 Å². The molecule has 0 spiro atoms. The van der Waals surface area contributed by atoms with Gasteiger partial charge in [0.05, 0.1) is 5.92 Å². The lowest BCUT2D eigenvalue weighted by Gasteiger charge is -2.29. The second-order valence-corrected chi connectivity index (χ2v) is 4.26. The summed E-state index contributed by atoms with van der Waals surface area (Å²) in [6, 6.07) is 0. The standard InChI is InChI=1S/C12H20O3/c1-3-4-6-10-11(14)7-5-8-12(10)15-9(2)13/h10,12H,3-8H2,1-2H3/t10?,12-/m1/s1. The minimum absolute atomic E-state index is 0.0393. The van der Waals surface area contributed by atoms with E-state index in [1.807, 2.05) is 0 Å². The molecule has 0 heterocycles. The highest BCUT2D eigenvalue weighted by Crippen LogP contribution is 2.28. The Bertz CT molecular complexity index is 235. The van der Waals surface area contributed by atoms with Crippen LogP contribution in [0.1, 0.15) is 52.4 Å². The van der Waals surface area contributed by atoms with Gasteiger partial charge in [0.25, 0.3) is 0 Å². The first kappa shape index (κ1) is 12.2. The van der Waals surface area contributed by atoms with E-state index in [-0.39, 0.29) is 23.8 Å². The highest BCUT2D eigenvalue weighted by Gasteiger charge is 2.33. The molecule has 1 unspecified atom stereocenters. The number of hydrogen-bond acceptors (Lipinski definition) is 3. The van der Waals surface area contributed by atoms with Crippen molar-refractivity contribution in [3.8, 4) is 0 Å².